The molecule has 0 amide bonds. The van der Waals surface area contributed by atoms with Crippen molar-refractivity contribution in [3.63, 3.8) is 0 Å². The van der Waals surface area contributed by atoms with Crippen LogP contribution in [0, 0.1) is 18.6 Å². The molecular formula is C16H17F2N. The van der Waals surface area contributed by atoms with Crippen LogP contribution in [0.4, 0.5) is 8.78 Å². The Morgan fingerprint density at radius 2 is 1.58 bits per heavy atom. The molecule has 0 bridgehead atoms. The number of hydrogen-bond donors (Lipinski definition) is 1. The van der Waals surface area contributed by atoms with E-state index in [1.807, 2.05) is 31.2 Å². The van der Waals surface area contributed by atoms with Gasteiger partial charge >= 0.3 is 0 Å². The standard InChI is InChI=1S/C16H17F2N/c1-11-3-5-12(6-4-11)7-16(19-2)13-8-14(17)10-15(18)9-13/h3-6,8-10,16,19H,7H2,1-2H3. The van der Waals surface area contributed by atoms with E-state index in [9.17, 15) is 8.78 Å². The zero-order chi connectivity index (χ0) is 13.8. The summed E-state index contributed by atoms with van der Waals surface area (Å²) in [4.78, 5) is 0. The topological polar surface area (TPSA) is 12.0 Å². The molecule has 0 aliphatic heterocycles. The van der Waals surface area contributed by atoms with Crippen LogP contribution in [-0.2, 0) is 6.42 Å². The van der Waals surface area contributed by atoms with Crippen molar-refractivity contribution in [3.05, 3.63) is 70.8 Å². The summed E-state index contributed by atoms with van der Waals surface area (Å²) in [5, 5.41) is 3.10. The van der Waals surface area contributed by atoms with E-state index in [1.165, 1.54) is 17.7 Å². The van der Waals surface area contributed by atoms with Crippen molar-refractivity contribution >= 4 is 0 Å². The molecule has 1 nitrogen and oxygen atoms in total. The molecule has 3 heteroatoms. The van der Waals surface area contributed by atoms with E-state index in [-0.39, 0.29) is 6.04 Å². The van der Waals surface area contributed by atoms with E-state index in [0.29, 0.717) is 12.0 Å². The van der Waals surface area contributed by atoms with Crippen LogP contribution in [0.1, 0.15) is 22.7 Å². The minimum atomic E-state index is -0.542. The lowest BCUT2D eigenvalue weighted by molar-refractivity contribution is 0.551. The Labute approximate surface area is 112 Å². The summed E-state index contributed by atoms with van der Waals surface area (Å²) < 4.78 is 26.5. The highest BCUT2D eigenvalue weighted by molar-refractivity contribution is 5.26. The highest BCUT2D eigenvalue weighted by Gasteiger charge is 2.12. The van der Waals surface area contributed by atoms with Gasteiger partial charge in [0, 0.05) is 12.1 Å². The molecule has 0 aromatic heterocycles. The summed E-state index contributed by atoms with van der Waals surface area (Å²) in [5.41, 5.74) is 2.96. The maximum Gasteiger partial charge on any atom is 0.126 e. The third-order valence-corrected chi connectivity index (χ3v) is 3.20. The molecule has 0 saturated heterocycles. The first kappa shape index (κ1) is 13.7. The fraction of sp³-hybridized carbons (Fsp3) is 0.250. The smallest absolute Gasteiger partial charge is 0.126 e. The van der Waals surface area contributed by atoms with Crippen LogP contribution in [0.2, 0.25) is 0 Å². The average molecular weight is 261 g/mol. The van der Waals surface area contributed by atoms with Gasteiger partial charge in [0.15, 0.2) is 0 Å². The van der Waals surface area contributed by atoms with E-state index in [0.717, 1.165) is 11.6 Å². The molecule has 0 saturated carbocycles. The molecule has 2 rings (SSSR count). The Bertz CT molecular complexity index is 529. The molecule has 1 unspecified atom stereocenters. The molecule has 2 aromatic carbocycles. The molecule has 0 aliphatic carbocycles. The van der Waals surface area contributed by atoms with Crippen LogP contribution in [0.5, 0.6) is 0 Å². The van der Waals surface area contributed by atoms with E-state index in [2.05, 4.69) is 5.32 Å². The normalized spacial score (nSPS) is 12.4. The fourth-order valence-corrected chi connectivity index (χ4v) is 2.12. The van der Waals surface area contributed by atoms with E-state index in [4.69, 9.17) is 0 Å². The fourth-order valence-electron chi connectivity index (χ4n) is 2.12. The van der Waals surface area contributed by atoms with Gasteiger partial charge in [-0.3, -0.25) is 0 Å². The highest BCUT2D eigenvalue weighted by Crippen LogP contribution is 2.20. The summed E-state index contributed by atoms with van der Waals surface area (Å²) in [6.07, 6.45) is 0.694. The number of halogens is 2. The lowest BCUT2D eigenvalue weighted by Gasteiger charge is -2.17. The second-order valence-corrected chi connectivity index (χ2v) is 4.73. The molecule has 100 valence electrons. The molecule has 2 aromatic rings. The maximum atomic E-state index is 13.2. The van der Waals surface area contributed by atoms with Crippen LogP contribution in [0.25, 0.3) is 0 Å². The summed E-state index contributed by atoms with van der Waals surface area (Å²) in [6, 6.07) is 11.7. The van der Waals surface area contributed by atoms with Gasteiger partial charge in [-0.2, -0.15) is 0 Å². The minimum absolute atomic E-state index is 0.104. The molecule has 1 atom stereocenters. The van der Waals surface area contributed by atoms with Gasteiger partial charge in [-0.1, -0.05) is 29.8 Å². The number of likely N-dealkylation sites (N-methyl/N-ethyl adjacent to an activating group) is 1. The molecule has 0 spiro atoms. The molecule has 19 heavy (non-hydrogen) atoms. The predicted molar refractivity (Wildman–Crippen MR) is 73.0 cm³/mol. The first-order valence-electron chi connectivity index (χ1n) is 6.27. The number of hydrogen-bond acceptors (Lipinski definition) is 1. The van der Waals surface area contributed by atoms with Crippen LogP contribution in [0.3, 0.4) is 0 Å². The number of rotatable bonds is 4. The molecule has 0 heterocycles. The van der Waals surface area contributed by atoms with Crippen molar-refractivity contribution in [3.8, 4) is 0 Å². The lowest BCUT2D eigenvalue weighted by Crippen LogP contribution is -2.19. The minimum Gasteiger partial charge on any atom is -0.313 e. The van der Waals surface area contributed by atoms with Gasteiger partial charge in [0.25, 0.3) is 0 Å². The zero-order valence-electron chi connectivity index (χ0n) is 11.1. The zero-order valence-corrected chi connectivity index (χ0v) is 11.1. The van der Waals surface area contributed by atoms with Crippen molar-refractivity contribution in [1.82, 2.24) is 5.32 Å². The second-order valence-electron chi connectivity index (χ2n) is 4.73. The Kier molecular flexibility index (Phi) is 4.27. The Morgan fingerprint density at radius 1 is 1.00 bits per heavy atom. The highest BCUT2D eigenvalue weighted by atomic mass is 19.1. The predicted octanol–water partition coefficient (Wildman–Crippen LogP) is 3.78. The van der Waals surface area contributed by atoms with Gasteiger partial charge in [-0.05, 0) is 43.7 Å². The van der Waals surface area contributed by atoms with Crippen molar-refractivity contribution < 1.29 is 8.78 Å². The SMILES string of the molecule is CNC(Cc1ccc(C)cc1)c1cc(F)cc(F)c1. The van der Waals surface area contributed by atoms with Crippen molar-refractivity contribution in [2.75, 3.05) is 7.05 Å². The monoisotopic (exact) mass is 261 g/mol. The Balaban J connectivity index is 2.22. The summed E-state index contributed by atoms with van der Waals surface area (Å²) in [5.74, 6) is -1.08. The van der Waals surface area contributed by atoms with Crippen molar-refractivity contribution in [1.29, 1.82) is 0 Å². The van der Waals surface area contributed by atoms with Crippen molar-refractivity contribution in [2.45, 2.75) is 19.4 Å². The average Bonchev–Trinajstić information content (AvgIpc) is 2.37. The first-order valence-corrected chi connectivity index (χ1v) is 6.27. The number of benzene rings is 2. The van der Waals surface area contributed by atoms with E-state index in [1.54, 1.807) is 7.05 Å². The van der Waals surface area contributed by atoms with Crippen LogP contribution in [0.15, 0.2) is 42.5 Å². The van der Waals surface area contributed by atoms with Crippen LogP contribution in [-0.4, -0.2) is 7.05 Å². The summed E-state index contributed by atoms with van der Waals surface area (Å²) in [7, 11) is 1.79. The third kappa shape index (κ3) is 3.61. The van der Waals surface area contributed by atoms with E-state index >= 15 is 0 Å². The van der Waals surface area contributed by atoms with Gasteiger partial charge < -0.3 is 5.32 Å². The molecule has 0 radical (unpaired) electrons. The molecular weight excluding hydrogens is 244 g/mol. The largest absolute Gasteiger partial charge is 0.313 e. The van der Waals surface area contributed by atoms with Crippen molar-refractivity contribution in [2.24, 2.45) is 0 Å². The maximum absolute atomic E-state index is 13.2. The quantitative estimate of drug-likeness (QED) is 0.883. The van der Waals surface area contributed by atoms with E-state index < -0.39 is 11.6 Å². The third-order valence-electron chi connectivity index (χ3n) is 3.20. The Morgan fingerprint density at radius 3 is 2.11 bits per heavy atom. The number of aryl methyl sites for hydroxylation is 1. The lowest BCUT2D eigenvalue weighted by atomic mass is 9.98. The first-order chi connectivity index (χ1) is 9.08. The van der Waals surface area contributed by atoms with Gasteiger partial charge in [0.05, 0.1) is 0 Å². The molecule has 0 fully saturated rings. The second kappa shape index (κ2) is 5.93. The van der Waals surface area contributed by atoms with Crippen LogP contribution < -0.4 is 5.32 Å². The Hall–Kier alpha value is -1.74. The number of nitrogens with one attached hydrogen (secondary N) is 1. The molecule has 1 N–H and O–H groups in total. The molecule has 0 aliphatic rings. The van der Waals surface area contributed by atoms with Gasteiger partial charge in [-0.15, -0.1) is 0 Å². The van der Waals surface area contributed by atoms with Crippen LogP contribution >= 0.6 is 0 Å². The summed E-state index contributed by atoms with van der Waals surface area (Å²) >= 11 is 0. The van der Waals surface area contributed by atoms with Gasteiger partial charge in [0.1, 0.15) is 11.6 Å². The van der Waals surface area contributed by atoms with Gasteiger partial charge in [-0.25, -0.2) is 8.78 Å². The van der Waals surface area contributed by atoms with Gasteiger partial charge in [0.2, 0.25) is 0 Å². The summed E-state index contributed by atoms with van der Waals surface area (Å²) in [6.45, 7) is 2.03.